The van der Waals surface area contributed by atoms with E-state index < -0.39 is 10.8 Å². The zero-order valence-electron chi connectivity index (χ0n) is 12.7. The van der Waals surface area contributed by atoms with Crippen molar-refractivity contribution in [2.24, 2.45) is 5.92 Å². The molecule has 2 rings (SSSR count). The highest BCUT2D eigenvalue weighted by Crippen LogP contribution is 2.23. The van der Waals surface area contributed by atoms with Crippen molar-refractivity contribution in [2.75, 3.05) is 18.1 Å². The van der Waals surface area contributed by atoms with Gasteiger partial charge in [-0.1, -0.05) is 11.6 Å². The average Bonchev–Trinajstić information content (AvgIpc) is 2.42. The first-order valence-corrected chi connectivity index (χ1v) is 9.19. The van der Waals surface area contributed by atoms with Crippen molar-refractivity contribution in [1.82, 2.24) is 5.32 Å². The lowest BCUT2D eigenvalue weighted by atomic mass is 9.92. The van der Waals surface area contributed by atoms with Crippen LogP contribution >= 0.6 is 24.0 Å². The fourth-order valence-corrected chi connectivity index (χ4v) is 3.54. The Kier molecular flexibility index (Phi) is 7.83. The highest BCUT2D eigenvalue weighted by Gasteiger charge is 2.24. The molecule has 124 valence electrons. The highest BCUT2D eigenvalue weighted by atomic mass is 35.5. The summed E-state index contributed by atoms with van der Waals surface area (Å²) in [5, 5.41) is 6.87. The minimum Gasteiger partial charge on any atom is -0.326 e. The van der Waals surface area contributed by atoms with Crippen molar-refractivity contribution >= 4 is 46.4 Å². The lowest BCUT2D eigenvalue weighted by Crippen LogP contribution is -2.40. The summed E-state index contributed by atoms with van der Waals surface area (Å²) in [5.41, 5.74) is 1.52. The molecule has 1 aromatic carbocycles. The Morgan fingerprint density at radius 2 is 2.23 bits per heavy atom. The SMILES string of the molecule is C[C@H]1C[C@@H](C(=O)Nc2ccc(Cl)c(CS(C)=O)c2)CCN1.Cl. The van der Waals surface area contributed by atoms with E-state index in [9.17, 15) is 9.00 Å². The minimum atomic E-state index is -0.962. The second-order valence-electron chi connectivity index (χ2n) is 5.59. The minimum absolute atomic E-state index is 0. The third-order valence-electron chi connectivity index (χ3n) is 3.67. The number of piperidine rings is 1. The summed E-state index contributed by atoms with van der Waals surface area (Å²) in [5.74, 6) is 0.488. The van der Waals surface area contributed by atoms with E-state index in [1.54, 1.807) is 18.4 Å². The molecular formula is C15H22Cl2N2O2S. The van der Waals surface area contributed by atoms with Crippen LogP contribution in [0.3, 0.4) is 0 Å². The molecule has 1 unspecified atom stereocenters. The third kappa shape index (κ3) is 5.54. The standard InChI is InChI=1S/C15H21ClN2O2S.ClH/c1-10-7-11(5-6-17-10)15(19)18-13-3-4-14(16)12(8-13)9-21(2)20;/h3-4,8,10-11,17H,5-7,9H2,1-2H3,(H,18,19);1H/t10-,11-,21?;/m0./s1. The zero-order chi connectivity index (χ0) is 15.4. The summed E-state index contributed by atoms with van der Waals surface area (Å²) in [7, 11) is -0.962. The van der Waals surface area contributed by atoms with Gasteiger partial charge >= 0.3 is 0 Å². The van der Waals surface area contributed by atoms with E-state index in [1.807, 2.05) is 6.07 Å². The molecule has 0 saturated carbocycles. The topological polar surface area (TPSA) is 58.2 Å². The van der Waals surface area contributed by atoms with E-state index in [1.165, 1.54) is 0 Å². The predicted octanol–water partition coefficient (Wildman–Crippen LogP) is 2.97. The summed E-state index contributed by atoms with van der Waals surface area (Å²) in [6.07, 6.45) is 3.35. The molecule has 3 atom stereocenters. The Hall–Kier alpha value is -0.620. The van der Waals surface area contributed by atoms with Crippen LogP contribution in [0.1, 0.15) is 25.3 Å². The monoisotopic (exact) mass is 364 g/mol. The van der Waals surface area contributed by atoms with Crippen LogP contribution in [-0.4, -0.2) is 29.0 Å². The van der Waals surface area contributed by atoms with E-state index in [2.05, 4.69) is 17.6 Å². The maximum atomic E-state index is 12.3. The number of carbonyl (C=O) groups is 1. The van der Waals surface area contributed by atoms with Crippen molar-refractivity contribution in [1.29, 1.82) is 0 Å². The molecule has 1 fully saturated rings. The molecule has 0 radical (unpaired) electrons. The van der Waals surface area contributed by atoms with Crippen LogP contribution in [0.4, 0.5) is 5.69 Å². The molecule has 1 aliphatic heterocycles. The highest BCUT2D eigenvalue weighted by molar-refractivity contribution is 7.83. The smallest absolute Gasteiger partial charge is 0.227 e. The van der Waals surface area contributed by atoms with E-state index in [4.69, 9.17) is 11.6 Å². The van der Waals surface area contributed by atoms with Crippen LogP contribution in [-0.2, 0) is 21.3 Å². The maximum absolute atomic E-state index is 12.3. The van der Waals surface area contributed by atoms with Crippen molar-refractivity contribution in [2.45, 2.75) is 31.6 Å². The van der Waals surface area contributed by atoms with Gasteiger partial charge in [-0.3, -0.25) is 9.00 Å². The van der Waals surface area contributed by atoms with Gasteiger partial charge in [-0.25, -0.2) is 0 Å². The number of hydrogen-bond acceptors (Lipinski definition) is 3. The number of hydrogen-bond donors (Lipinski definition) is 2. The molecule has 1 amide bonds. The van der Waals surface area contributed by atoms with Crippen LogP contribution in [0.5, 0.6) is 0 Å². The fourth-order valence-electron chi connectivity index (χ4n) is 2.60. The molecule has 1 heterocycles. The van der Waals surface area contributed by atoms with Gasteiger partial charge < -0.3 is 10.6 Å². The number of amides is 1. The number of carbonyl (C=O) groups excluding carboxylic acids is 1. The summed E-state index contributed by atoms with van der Waals surface area (Å²) in [6, 6.07) is 5.71. The molecule has 0 bridgehead atoms. The molecule has 1 aromatic rings. The second kappa shape index (κ2) is 8.87. The molecule has 7 heteroatoms. The number of benzene rings is 1. The van der Waals surface area contributed by atoms with Crippen LogP contribution in [0, 0.1) is 5.92 Å². The van der Waals surface area contributed by atoms with Gasteiger partial charge in [0.2, 0.25) is 5.91 Å². The van der Waals surface area contributed by atoms with Crippen LogP contribution in [0.25, 0.3) is 0 Å². The summed E-state index contributed by atoms with van der Waals surface area (Å²) < 4.78 is 11.3. The van der Waals surface area contributed by atoms with Gasteiger partial charge in [-0.2, -0.15) is 0 Å². The summed E-state index contributed by atoms with van der Waals surface area (Å²) >= 11 is 6.09. The Bertz CT molecular complexity index is 554. The van der Waals surface area contributed by atoms with Crippen LogP contribution < -0.4 is 10.6 Å². The van der Waals surface area contributed by atoms with Crippen LogP contribution in [0.15, 0.2) is 18.2 Å². The first-order chi connectivity index (χ1) is 9.95. The number of nitrogens with one attached hydrogen (secondary N) is 2. The first kappa shape index (κ1) is 19.4. The van der Waals surface area contributed by atoms with E-state index in [0.717, 1.165) is 30.6 Å². The van der Waals surface area contributed by atoms with Gasteiger partial charge in [0.15, 0.2) is 0 Å². The molecule has 0 aromatic heterocycles. The normalized spacial score (nSPS) is 22.5. The van der Waals surface area contributed by atoms with Gasteiger partial charge in [-0.15, -0.1) is 12.4 Å². The summed E-state index contributed by atoms with van der Waals surface area (Å²) in [4.78, 5) is 12.3. The van der Waals surface area contributed by atoms with Gasteiger partial charge in [0.25, 0.3) is 0 Å². The van der Waals surface area contributed by atoms with Gasteiger partial charge in [0, 0.05) is 45.5 Å². The molecule has 4 nitrogen and oxygen atoms in total. The van der Waals surface area contributed by atoms with Gasteiger partial charge in [0.1, 0.15) is 0 Å². The largest absolute Gasteiger partial charge is 0.326 e. The Morgan fingerprint density at radius 3 is 2.86 bits per heavy atom. The molecule has 0 spiro atoms. The second-order valence-corrected chi connectivity index (χ2v) is 7.43. The molecule has 1 aliphatic rings. The van der Waals surface area contributed by atoms with Crippen LogP contribution in [0.2, 0.25) is 5.02 Å². The third-order valence-corrected chi connectivity index (χ3v) is 4.75. The number of rotatable bonds is 4. The van der Waals surface area contributed by atoms with E-state index >= 15 is 0 Å². The lowest BCUT2D eigenvalue weighted by Gasteiger charge is -2.27. The molecule has 2 N–H and O–H groups in total. The van der Waals surface area contributed by atoms with Gasteiger partial charge in [0.05, 0.1) is 0 Å². The number of halogens is 2. The maximum Gasteiger partial charge on any atom is 0.227 e. The first-order valence-electron chi connectivity index (χ1n) is 7.08. The lowest BCUT2D eigenvalue weighted by molar-refractivity contribution is -0.120. The summed E-state index contributed by atoms with van der Waals surface area (Å²) in [6.45, 7) is 2.97. The quantitative estimate of drug-likeness (QED) is 0.863. The average molecular weight is 365 g/mol. The van der Waals surface area contributed by atoms with Gasteiger partial charge in [-0.05, 0) is 50.1 Å². The Balaban J connectivity index is 0.00000242. The predicted molar refractivity (Wildman–Crippen MR) is 95.3 cm³/mol. The molecule has 22 heavy (non-hydrogen) atoms. The van der Waals surface area contributed by atoms with Crippen molar-refractivity contribution in [3.8, 4) is 0 Å². The fraction of sp³-hybridized carbons (Fsp3) is 0.533. The van der Waals surface area contributed by atoms with Crippen molar-refractivity contribution in [3.05, 3.63) is 28.8 Å². The Morgan fingerprint density at radius 1 is 1.50 bits per heavy atom. The zero-order valence-corrected chi connectivity index (χ0v) is 15.1. The molecule has 1 saturated heterocycles. The number of anilines is 1. The van der Waals surface area contributed by atoms with E-state index in [0.29, 0.717) is 16.8 Å². The Labute approximate surface area is 145 Å². The van der Waals surface area contributed by atoms with Crippen molar-refractivity contribution in [3.63, 3.8) is 0 Å². The van der Waals surface area contributed by atoms with E-state index in [-0.39, 0.29) is 24.2 Å². The molecule has 0 aliphatic carbocycles. The van der Waals surface area contributed by atoms with Crippen molar-refractivity contribution < 1.29 is 9.00 Å². The molecular weight excluding hydrogens is 343 g/mol.